The van der Waals surface area contributed by atoms with Gasteiger partial charge in [0.05, 0.1) is 6.61 Å². The SMILES string of the molecule is CCN(Cc1cccc(F)c1)C(=O)NCc1ccc(COCC(F)(F)F)cc1. The van der Waals surface area contributed by atoms with Crippen LogP contribution in [0, 0.1) is 5.82 Å². The zero-order valence-corrected chi connectivity index (χ0v) is 15.4. The number of carbonyl (C=O) groups excluding carboxylic acids is 1. The molecular formula is C20H22F4N2O2. The highest BCUT2D eigenvalue weighted by Gasteiger charge is 2.27. The smallest absolute Gasteiger partial charge is 0.367 e. The zero-order chi connectivity index (χ0) is 20.6. The number of halogens is 4. The molecule has 0 aromatic heterocycles. The Balaban J connectivity index is 1.82. The lowest BCUT2D eigenvalue weighted by molar-refractivity contribution is -0.176. The maximum absolute atomic E-state index is 13.3. The first-order chi connectivity index (χ1) is 13.3. The number of ether oxygens (including phenoxy) is 1. The van der Waals surface area contributed by atoms with Crippen LogP contribution in [0.5, 0.6) is 0 Å². The van der Waals surface area contributed by atoms with Crippen molar-refractivity contribution in [1.82, 2.24) is 10.2 Å². The molecule has 152 valence electrons. The number of urea groups is 1. The van der Waals surface area contributed by atoms with Gasteiger partial charge in [-0.3, -0.25) is 0 Å². The molecule has 0 heterocycles. The third-order valence-corrected chi connectivity index (χ3v) is 3.93. The van der Waals surface area contributed by atoms with Gasteiger partial charge in [-0.05, 0) is 35.7 Å². The molecule has 1 N–H and O–H groups in total. The summed E-state index contributed by atoms with van der Waals surface area (Å²) in [4.78, 5) is 13.9. The molecule has 2 aromatic carbocycles. The molecule has 0 atom stereocenters. The molecule has 0 unspecified atom stereocenters. The monoisotopic (exact) mass is 398 g/mol. The molecule has 0 fully saturated rings. The number of nitrogens with one attached hydrogen (secondary N) is 1. The number of alkyl halides is 3. The number of nitrogens with zero attached hydrogens (tertiary/aromatic N) is 1. The Morgan fingerprint density at radius 1 is 1.07 bits per heavy atom. The Kier molecular flexibility index (Phi) is 7.80. The lowest BCUT2D eigenvalue weighted by atomic mass is 10.1. The molecule has 0 saturated carbocycles. The topological polar surface area (TPSA) is 41.6 Å². The van der Waals surface area contributed by atoms with E-state index in [1.165, 1.54) is 12.1 Å². The summed E-state index contributed by atoms with van der Waals surface area (Å²) in [7, 11) is 0. The van der Waals surface area contributed by atoms with Crippen LogP contribution in [0.4, 0.5) is 22.4 Å². The van der Waals surface area contributed by atoms with Gasteiger partial charge in [0.15, 0.2) is 0 Å². The van der Waals surface area contributed by atoms with Gasteiger partial charge in [-0.2, -0.15) is 13.2 Å². The fraction of sp³-hybridized carbons (Fsp3) is 0.350. The first kappa shape index (κ1) is 21.7. The molecule has 0 aliphatic rings. The molecule has 0 bridgehead atoms. The summed E-state index contributed by atoms with van der Waals surface area (Å²) in [5.74, 6) is -0.353. The van der Waals surface area contributed by atoms with Crippen LogP contribution in [0.1, 0.15) is 23.6 Å². The lowest BCUT2D eigenvalue weighted by Gasteiger charge is -2.21. The quantitative estimate of drug-likeness (QED) is 0.659. The lowest BCUT2D eigenvalue weighted by Crippen LogP contribution is -2.39. The summed E-state index contributed by atoms with van der Waals surface area (Å²) in [5, 5.41) is 2.78. The number of rotatable bonds is 8. The molecule has 0 spiro atoms. The molecule has 2 amide bonds. The molecule has 4 nitrogen and oxygen atoms in total. The van der Waals surface area contributed by atoms with E-state index in [1.807, 2.05) is 6.92 Å². The van der Waals surface area contributed by atoms with Gasteiger partial charge in [0.1, 0.15) is 12.4 Å². The Morgan fingerprint density at radius 2 is 1.75 bits per heavy atom. The minimum Gasteiger partial charge on any atom is -0.367 e. The van der Waals surface area contributed by atoms with E-state index in [-0.39, 0.29) is 31.5 Å². The van der Waals surface area contributed by atoms with Crippen molar-refractivity contribution in [3.63, 3.8) is 0 Å². The molecule has 0 aliphatic heterocycles. The van der Waals surface area contributed by atoms with Crippen LogP contribution in [0.3, 0.4) is 0 Å². The summed E-state index contributed by atoms with van der Waals surface area (Å²) in [6.45, 7) is 1.41. The van der Waals surface area contributed by atoms with Crippen molar-refractivity contribution >= 4 is 6.03 Å². The van der Waals surface area contributed by atoms with Gasteiger partial charge in [-0.25, -0.2) is 9.18 Å². The highest BCUT2D eigenvalue weighted by molar-refractivity contribution is 5.74. The fourth-order valence-electron chi connectivity index (χ4n) is 2.51. The molecule has 0 saturated heterocycles. The summed E-state index contributed by atoms with van der Waals surface area (Å²) in [6.07, 6.45) is -4.35. The Morgan fingerprint density at radius 3 is 2.36 bits per heavy atom. The number of amides is 2. The van der Waals surface area contributed by atoms with Gasteiger partial charge < -0.3 is 15.0 Å². The van der Waals surface area contributed by atoms with E-state index in [9.17, 15) is 22.4 Å². The summed E-state index contributed by atoms with van der Waals surface area (Å²) < 4.78 is 54.1. The summed E-state index contributed by atoms with van der Waals surface area (Å²) in [6, 6.07) is 12.5. The van der Waals surface area contributed by atoms with Crippen LogP contribution in [0.25, 0.3) is 0 Å². The van der Waals surface area contributed by atoms with E-state index in [2.05, 4.69) is 10.1 Å². The van der Waals surface area contributed by atoms with E-state index in [0.717, 1.165) is 5.56 Å². The van der Waals surface area contributed by atoms with E-state index >= 15 is 0 Å². The van der Waals surface area contributed by atoms with Gasteiger partial charge in [0, 0.05) is 19.6 Å². The van der Waals surface area contributed by atoms with Gasteiger partial charge >= 0.3 is 12.2 Å². The third-order valence-electron chi connectivity index (χ3n) is 3.93. The number of carbonyl (C=O) groups is 1. The first-order valence-electron chi connectivity index (χ1n) is 8.76. The average molecular weight is 398 g/mol. The van der Waals surface area contributed by atoms with Crippen LogP contribution in [-0.2, 0) is 24.4 Å². The Labute approximate surface area is 161 Å². The van der Waals surface area contributed by atoms with Crippen molar-refractivity contribution in [3.05, 3.63) is 71.0 Å². The van der Waals surface area contributed by atoms with E-state index in [4.69, 9.17) is 0 Å². The zero-order valence-electron chi connectivity index (χ0n) is 15.4. The molecule has 0 radical (unpaired) electrons. The van der Waals surface area contributed by atoms with Crippen molar-refractivity contribution in [3.8, 4) is 0 Å². The molecule has 28 heavy (non-hydrogen) atoms. The van der Waals surface area contributed by atoms with Crippen molar-refractivity contribution in [2.24, 2.45) is 0 Å². The third kappa shape index (κ3) is 7.56. The molecule has 8 heteroatoms. The standard InChI is InChI=1S/C20H22F4N2O2/c1-2-26(12-17-4-3-5-18(21)10-17)19(27)25-11-15-6-8-16(9-7-15)13-28-14-20(22,23)24/h3-10H,2,11-14H2,1H3,(H,25,27). The van der Waals surface area contributed by atoms with E-state index in [1.54, 1.807) is 41.3 Å². The normalized spacial score (nSPS) is 11.3. The van der Waals surface area contributed by atoms with Crippen molar-refractivity contribution in [2.75, 3.05) is 13.2 Å². The van der Waals surface area contributed by atoms with Gasteiger partial charge in [-0.15, -0.1) is 0 Å². The van der Waals surface area contributed by atoms with E-state index in [0.29, 0.717) is 17.7 Å². The molecule has 2 rings (SSSR count). The second kappa shape index (κ2) is 10.1. The van der Waals surface area contributed by atoms with Crippen LogP contribution in [0.2, 0.25) is 0 Å². The maximum atomic E-state index is 13.3. The van der Waals surface area contributed by atoms with Crippen LogP contribution < -0.4 is 5.32 Å². The molecule has 2 aromatic rings. The largest absolute Gasteiger partial charge is 0.411 e. The highest BCUT2D eigenvalue weighted by atomic mass is 19.4. The fourth-order valence-corrected chi connectivity index (χ4v) is 2.51. The van der Waals surface area contributed by atoms with Crippen LogP contribution in [-0.4, -0.2) is 30.3 Å². The summed E-state index contributed by atoms with van der Waals surface area (Å²) >= 11 is 0. The molecule has 0 aliphatic carbocycles. The van der Waals surface area contributed by atoms with Gasteiger partial charge in [0.2, 0.25) is 0 Å². The maximum Gasteiger partial charge on any atom is 0.411 e. The minimum absolute atomic E-state index is 0.136. The Bertz CT molecular complexity index is 764. The number of hydrogen-bond donors (Lipinski definition) is 1. The number of benzene rings is 2. The predicted octanol–water partition coefficient (Wildman–Crippen LogP) is 4.64. The van der Waals surface area contributed by atoms with Crippen LogP contribution >= 0.6 is 0 Å². The van der Waals surface area contributed by atoms with Crippen molar-refractivity contribution in [2.45, 2.75) is 32.8 Å². The van der Waals surface area contributed by atoms with Crippen LogP contribution in [0.15, 0.2) is 48.5 Å². The highest BCUT2D eigenvalue weighted by Crippen LogP contribution is 2.16. The van der Waals surface area contributed by atoms with E-state index < -0.39 is 12.8 Å². The minimum atomic E-state index is -4.35. The number of hydrogen-bond acceptors (Lipinski definition) is 2. The predicted molar refractivity (Wildman–Crippen MR) is 96.9 cm³/mol. The van der Waals surface area contributed by atoms with Crippen molar-refractivity contribution in [1.29, 1.82) is 0 Å². The summed E-state index contributed by atoms with van der Waals surface area (Å²) in [5.41, 5.74) is 2.11. The van der Waals surface area contributed by atoms with Crippen molar-refractivity contribution < 1.29 is 27.1 Å². The van der Waals surface area contributed by atoms with Gasteiger partial charge in [-0.1, -0.05) is 36.4 Å². The first-order valence-corrected chi connectivity index (χ1v) is 8.76. The second-order valence-corrected chi connectivity index (χ2v) is 6.23. The van der Waals surface area contributed by atoms with Gasteiger partial charge in [0.25, 0.3) is 0 Å². The molecular weight excluding hydrogens is 376 g/mol. The Hall–Kier alpha value is -2.61. The average Bonchev–Trinajstić information content (AvgIpc) is 2.64. The second-order valence-electron chi connectivity index (χ2n) is 6.23.